The number of hydrogen-bond acceptors (Lipinski definition) is 2. The van der Waals surface area contributed by atoms with Gasteiger partial charge in [-0.2, -0.15) is 5.10 Å². The topological polar surface area (TPSA) is 34.9 Å². The van der Waals surface area contributed by atoms with Crippen molar-refractivity contribution in [2.24, 2.45) is 0 Å². The highest BCUT2D eigenvalue weighted by Crippen LogP contribution is 2.12. The summed E-state index contributed by atoms with van der Waals surface area (Å²) in [5.74, 6) is 0.0809. The highest BCUT2D eigenvalue weighted by Gasteiger charge is 2.08. The lowest BCUT2D eigenvalue weighted by Gasteiger charge is -1.99. The lowest BCUT2D eigenvalue weighted by molar-refractivity contribution is 0.0993. The normalized spacial score (nSPS) is 10.5. The molecule has 3 nitrogen and oxygen atoms in total. The van der Waals surface area contributed by atoms with E-state index in [-0.39, 0.29) is 5.78 Å². The van der Waals surface area contributed by atoms with Crippen molar-refractivity contribution in [2.75, 3.05) is 0 Å². The molecule has 0 bridgehead atoms. The van der Waals surface area contributed by atoms with E-state index in [9.17, 15) is 4.79 Å². The van der Waals surface area contributed by atoms with Crippen LogP contribution in [0.1, 0.15) is 22.8 Å². The number of carbonyl (C=O) groups excluding carboxylic acids is 1. The molecule has 0 atom stereocenters. The van der Waals surface area contributed by atoms with Crippen LogP contribution in [0.2, 0.25) is 5.02 Å². The van der Waals surface area contributed by atoms with Crippen molar-refractivity contribution in [2.45, 2.75) is 19.9 Å². The number of aryl methyl sites for hydroxylation is 1. The molecule has 88 valence electrons. The predicted octanol–water partition coefficient (Wildman–Crippen LogP) is 2.98. The maximum Gasteiger partial charge on any atom is 0.167 e. The number of carbonyl (C=O) groups is 1. The molecule has 4 heteroatoms. The van der Waals surface area contributed by atoms with Gasteiger partial charge >= 0.3 is 0 Å². The minimum atomic E-state index is 0.0809. The average molecular weight is 249 g/mol. The van der Waals surface area contributed by atoms with Gasteiger partial charge in [0.1, 0.15) is 0 Å². The molecule has 0 radical (unpaired) electrons. The van der Waals surface area contributed by atoms with E-state index < -0.39 is 0 Å². The van der Waals surface area contributed by atoms with Crippen LogP contribution < -0.4 is 0 Å². The first-order chi connectivity index (χ1) is 8.19. The van der Waals surface area contributed by atoms with Crippen molar-refractivity contribution in [3.63, 3.8) is 0 Å². The highest BCUT2D eigenvalue weighted by atomic mass is 35.5. The van der Waals surface area contributed by atoms with Gasteiger partial charge in [0.15, 0.2) is 5.78 Å². The maximum atomic E-state index is 11.9. The molecule has 0 fully saturated rings. The van der Waals surface area contributed by atoms with Gasteiger partial charge < -0.3 is 0 Å². The van der Waals surface area contributed by atoms with Gasteiger partial charge in [0, 0.05) is 29.7 Å². The van der Waals surface area contributed by atoms with Crippen LogP contribution in [0.3, 0.4) is 0 Å². The number of Topliss-reactive ketones (excluding diaryl/α,β-unsaturated/α-hetero) is 1. The molecule has 0 aliphatic carbocycles. The molecule has 0 saturated heterocycles. The lowest BCUT2D eigenvalue weighted by atomic mass is 10.1. The van der Waals surface area contributed by atoms with E-state index in [0.717, 1.165) is 12.1 Å². The summed E-state index contributed by atoms with van der Waals surface area (Å²) in [6.45, 7) is 2.83. The van der Waals surface area contributed by atoms with Crippen molar-refractivity contribution in [3.8, 4) is 0 Å². The summed E-state index contributed by atoms with van der Waals surface area (Å²) in [4.78, 5) is 11.9. The van der Waals surface area contributed by atoms with Crippen molar-refractivity contribution < 1.29 is 4.79 Å². The summed E-state index contributed by atoms with van der Waals surface area (Å²) in [6.07, 6.45) is 4.01. The third-order valence-corrected chi connectivity index (χ3v) is 2.79. The molecular formula is C13H13ClN2O. The quantitative estimate of drug-likeness (QED) is 0.780. The molecule has 0 spiro atoms. The molecule has 0 saturated carbocycles. The maximum absolute atomic E-state index is 11.9. The Kier molecular flexibility index (Phi) is 3.59. The average Bonchev–Trinajstić information content (AvgIpc) is 2.77. The van der Waals surface area contributed by atoms with E-state index in [2.05, 4.69) is 5.10 Å². The van der Waals surface area contributed by atoms with Crippen LogP contribution in [0.5, 0.6) is 0 Å². The first-order valence-corrected chi connectivity index (χ1v) is 5.87. The number of rotatable bonds is 4. The van der Waals surface area contributed by atoms with E-state index in [1.165, 1.54) is 0 Å². The van der Waals surface area contributed by atoms with Crippen molar-refractivity contribution in [3.05, 3.63) is 52.8 Å². The zero-order valence-corrected chi connectivity index (χ0v) is 10.3. The second-order valence-electron chi connectivity index (χ2n) is 3.81. The first kappa shape index (κ1) is 11.9. The van der Waals surface area contributed by atoms with Crippen molar-refractivity contribution in [1.82, 2.24) is 9.78 Å². The third-order valence-electron chi connectivity index (χ3n) is 2.54. The number of halogens is 1. The summed E-state index contributed by atoms with van der Waals surface area (Å²) in [5, 5.41) is 4.78. The fourth-order valence-electron chi connectivity index (χ4n) is 1.59. The van der Waals surface area contributed by atoms with Crippen LogP contribution in [0.4, 0.5) is 0 Å². The fraction of sp³-hybridized carbons (Fsp3) is 0.231. The van der Waals surface area contributed by atoms with Gasteiger partial charge in [-0.05, 0) is 36.8 Å². The predicted molar refractivity (Wildman–Crippen MR) is 67.4 cm³/mol. The van der Waals surface area contributed by atoms with E-state index in [1.54, 1.807) is 30.5 Å². The standard InChI is InChI=1S/C13H13ClN2O/c1-2-16-9-10(8-15-16)7-13(17)11-3-5-12(14)6-4-11/h3-6,8-9H,2,7H2,1H3. The molecule has 0 aliphatic rings. The number of benzene rings is 1. The van der Waals surface area contributed by atoms with Gasteiger partial charge in [-0.15, -0.1) is 0 Å². The highest BCUT2D eigenvalue weighted by molar-refractivity contribution is 6.30. The van der Waals surface area contributed by atoms with Crippen molar-refractivity contribution in [1.29, 1.82) is 0 Å². The smallest absolute Gasteiger partial charge is 0.167 e. The summed E-state index contributed by atoms with van der Waals surface area (Å²) >= 11 is 5.77. The van der Waals surface area contributed by atoms with Crippen LogP contribution in [0.15, 0.2) is 36.7 Å². The van der Waals surface area contributed by atoms with Gasteiger partial charge in [-0.25, -0.2) is 0 Å². The third kappa shape index (κ3) is 2.94. The SMILES string of the molecule is CCn1cc(CC(=O)c2ccc(Cl)cc2)cn1. The summed E-state index contributed by atoms with van der Waals surface area (Å²) < 4.78 is 1.81. The summed E-state index contributed by atoms with van der Waals surface area (Å²) in [5.41, 5.74) is 1.62. The molecule has 0 aliphatic heterocycles. The molecular weight excluding hydrogens is 236 g/mol. The monoisotopic (exact) mass is 248 g/mol. The van der Waals surface area contributed by atoms with E-state index in [4.69, 9.17) is 11.6 Å². The summed E-state index contributed by atoms with van der Waals surface area (Å²) in [7, 11) is 0. The second-order valence-corrected chi connectivity index (χ2v) is 4.25. The molecule has 0 unspecified atom stereocenters. The Hall–Kier alpha value is -1.61. The minimum Gasteiger partial charge on any atom is -0.294 e. The van der Waals surface area contributed by atoms with Crippen LogP contribution >= 0.6 is 11.6 Å². The van der Waals surface area contributed by atoms with Crippen molar-refractivity contribution >= 4 is 17.4 Å². The Morgan fingerprint density at radius 3 is 2.65 bits per heavy atom. The number of ketones is 1. The number of aromatic nitrogens is 2. The largest absolute Gasteiger partial charge is 0.294 e. The fourth-order valence-corrected chi connectivity index (χ4v) is 1.72. The first-order valence-electron chi connectivity index (χ1n) is 5.49. The zero-order chi connectivity index (χ0) is 12.3. The molecule has 0 N–H and O–H groups in total. The molecule has 2 aromatic rings. The Labute approximate surface area is 105 Å². The molecule has 2 rings (SSSR count). The Morgan fingerprint density at radius 2 is 2.06 bits per heavy atom. The Balaban J connectivity index is 2.08. The van der Waals surface area contributed by atoms with Gasteiger partial charge in [-0.1, -0.05) is 11.6 Å². The van der Waals surface area contributed by atoms with Crippen LogP contribution in [-0.4, -0.2) is 15.6 Å². The summed E-state index contributed by atoms with van der Waals surface area (Å²) in [6, 6.07) is 6.94. The minimum absolute atomic E-state index is 0.0809. The van der Waals surface area contributed by atoms with Crippen LogP contribution in [-0.2, 0) is 13.0 Å². The van der Waals surface area contributed by atoms with Gasteiger partial charge in [0.05, 0.1) is 6.20 Å². The molecule has 0 amide bonds. The molecule has 1 heterocycles. The molecule has 1 aromatic carbocycles. The van der Waals surface area contributed by atoms with Gasteiger partial charge in [0.25, 0.3) is 0 Å². The second kappa shape index (κ2) is 5.15. The van der Waals surface area contributed by atoms with Crippen LogP contribution in [0, 0.1) is 0 Å². The lowest BCUT2D eigenvalue weighted by Crippen LogP contribution is -2.02. The van der Waals surface area contributed by atoms with Gasteiger partial charge in [0.2, 0.25) is 0 Å². The number of nitrogens with zero attached hydrogens (tertiary/aromatic N) is 2. The molecule has 1 aromatic heterocycles. The molecule has 17 heavy (non-hydrogen) atoms. The Bertz CT molecular complexity index is 516. The van der Waals surface area contributed by atoms with E-state index in [1.807, 2.05) is 17.8 Å². The Morgan fingerprint density at radius 1 is 1.35 bits per heavy atom. The van der Waals surface area contributed by atoms with Crippen LogP contribution in [0.25, 0.3) is 0 Å². The zero-order valence-electron chi connectivity index (χ0n) is 9.56. The van der Waals surface area contributed by atoms with Gasteiger partial charge in [-0.3, -0.25) is 9.48 Å². The van der Waals surface area contributed by atoms with E-state index in [0.29, 0.717) is 17.0 Å². The number of hydrogen-bond donors (Lipinski definition) is 0. The van der Waals surface area contributed by atoms with E-state index >= 15 is 0 Å².